The van der Waals surface area contributed by atoms with Crippen LogP contribution in [0.2, 0.25) is 0 Å². The summed E-state index contributed by atoms with van der Waals surface area (Å²) in [4.78, 5) is 13.0. The van der Waals surface area contributed by atoms with Crippen LogP contribution >= 0.6 is 11.8 Å². The molecule has 0 atom stereocenters. The first kappa shape index (κ1) is 11.2. The molecule has 0 saturated heterocycles. The summed E-state index contributed by atoms with van der Waals surface area (Å²) < 4.78 is 0. The summed E-state index contributed by atoms with van der Waals surface area (Å²) in [6.45, 7) is 0. The molecule has 4 heteroatoms. The van der Waals surface area contributed by atoms with Gasteiger partial charge in [-0.1, -0.05) is 30.0 Å². The molecule has 0 unspecified atom stereocenters. The fraction of sp³-hybridized carbons (Fsp3) is 0.0714. The number of anilines is 2. The number of rotatable bonds is 2. The van der Waals surface area contributed by atoms with Gasteiger partial charge in [-0.2, -0.15) is 0 Å². The molecule has 3 nitrogen and oxygen atoms in total. The maximum Gasteiger partial charge on any atom is 0.307 e. The largest absolute Gasteiger partial charge is 0.481 e. The van der Waals surface area contributed by atoms with Gasteiger partial charge in [0, 0.05) is 9.79 Å². The third-order valence-electron chi connectivity index (χ3n) is 2.78. The Labute approximate surface area is 109 Å². The smallest absolute Gasteiger partial charge is 0.307 e. The first-order valence-corrected chi connectivity index (χ1v) is 6.42. The minimum absolute atomic E-state index is 0.0650. The maximum absolute atomic E-state index is 10.7. The second kappa shape index (κ2) is 4.38. The van der Waals surface area contributed by atoms with Gasteiger partial charge in [0.15, 0.2) is 0 Å². The molecule has 2 N–H and O–H groups in total. The van der Waals surface area contributed by atoms with Crippen LogP contribution in [-0.2, 0) is 11.2 Å². The van der Waals surface area contributed by atoms with Crippen LogP contribution in [0.4, 0.5) is 11.4 Å². The van der Waals surface area contributed by atoms with Crippen LogP contribution in [0.5, 0.6) is 0 Å². The van der Waals surface area contributed by atoms with Gasteiger partial charge >= 0.3 is 5.97 Å². The molecule has 0 saturated carbocycles. The highest BCUT2D eigenvalue weighted by Crippen LogP contribution is 2.44. The van der Waals surface area contributed by atoms with Crippen molar-refractivity contribution >= 4 is 29.1 Å². The van der Waals surface area contributed by atoms with Crippen molar-refractivity contribution in [1.29, 1.82) is 0 Å². The average Bonchev–Trinajstić information content (AvgIpc) is 2.35. The zero-order chi connectivity index (χ0) is 12.5. The van der Waals surface area contributed by atoms with Crippen LogP contribution in [-0.4, -0.2) is 11.1 Å². The Bertz CT molecular complexity index is 625. The summed E-state index contributed by atoms with van der Waals surface area (Å²) in [5.74, 6) is -0.802. The van der Waals surface area contributed by atoms with E-state index in [1.54, 1.807) is 11.8 Å². The second-order valence-electron chi connectivity index (χ2n) is 4.12. The molecule has 0 spiro atoms. The lowest BCUT2D eigenvalue weighted by Gasteiger charge is -2.21. The standard InChI is InChI=1S/C14H11NO2S/c16-14(17)8-9-5-6-11-13(7-9)18-12-4-2-1-3-10(12)15-11/h1-7,15H,8H2,(H,16,17). The minimum atomic E-state index is -0.802. The van der Waals surface area contributed by atoms with Crippen molar-refractivity contribution < 1.29 is 9.90 Å². The molecule has 0 amide bonds. The van der Waals surface area contributed by atoms with Crippen molar-refractivity contribution in [3.05, 3.63) is 48.0 Å². The monoisotopic (exact) mass is 257 g/mol. The van der Waals surface area contributed by atoms with E-state index >= 15 is 0 Å². The molecule has 0 aliphatic carbocycles. The number of aliphatic carboxylic acids is 1. The summed E-state index contributed by atoms with van der Waals surface area (Å²) in [6, 6.07) is 13.8. The van der Waals surface area contributed by atoms with E-state index in [-0.39, 0.29) is 6.42 Å². The number of benzene rings is 2. The molecule has 2 aromatic rings. The van der Waals surface area contributed by atoms with Crippen LogP contribution in [0, 0.1) is 0 Å². The topological polar surface area (TPSA) is 49.3 Å². The van der Waals surface area contributed by atoms with Gasteiger partial charge in [-0.25, -0.2) is 0 Å². The first-order chi connectivity index (χ1) is 8.72. The number of carbonyl (C=O) groups is 1. The molecule has 3 rings (SSSR count). The molecule has 90 valence electrons. The quantitative estimate of drug-likeness (QED) is 0.737. The third kappa shape index (κ3) is 2.07. The van der Waals surface area contributed by atoms with Crippen molar-refractivity contribution in [1.82, 2.24) is 0 Å². The van der Waals surface area contributed by atoms with Crippen molar-refractivity contribution in [3.63, 3.8) is 0 Å². The molecule has 0 fully saturated rings. The number of carboxylic acids is 1. The zero-order valence-electron chi connectivity index (χ0n) is 9.51. The van der Waals surface area contributed by atoms with Crippen molar-refractivity contribution in [2.75, 3.05) is 5.32 Å². The summed E-state index contributed by atoms with van der Waals surface area (Å²) in [6.07, 6.45) is 0.0650. The fourth-order valence-corrected chi connectivity index (χ4v) is 3.01. The van der Waals surface area contributed by atoms with Crippen molar-refractivity contribution in [2.24, 2.45) is 0 Å². The van der Waals surface area contributed by atoms with Crippen molar-refractivity contribution in [3.8, 4) is 0 Å². The summed E-state index contributed by atoms with van der Waals surface area (Å²) in [5.41, 5.74) is 2.96. The Hall–Kier alpha value is -1.94. The predicted octanol–water partition coefficient (Wildman–Crippen LogP) is 3.52. The fourth-order valence-electron chi connectivity index (χ4n) is 1.96. The molecule has 2 aromatic carbocycles. The van der Waals surface area contributed by atoms with Gasteiger partial charge in [0.25, 0.3) is 0 Å². The number of carboxylic acid groups (broad SMARTS) is 1. The van der Waals surface area contributed by atoms with Crippen LogP contribution in [0.3, 0.4) is 0 Å². The molecule has 1 aliphatic heterocycles. The Kier molecular flexibility index (Phi) is 2.72. The van der Waals surface area contributed by atoms with E-state index in [0.29, 0.717) is 0 Å². The molecule has 0 bridgehead atoms. The van der Waals surface area contributed by atoms with Gasteiger partial charge in [0.05, 0.1) is 17.8 Å². The van der Waals surface area contributed by atoms with E-state index in [2.05, 4.69) is 11.4 Å². The second-order valence-corrected chi connectivity index (χ2v) is 5.21. The van der Waals surface area contributed by atoms with E-state index in [1.807, 2.05) is 36.4 Å². The molecular weight excluding hydrogens is 246 g/mol. The van der Waals surface area contributed by atoms with Crippen molar-refractivity contribution in [2.45, 2.75) is 16.2 Å². The summed E-state index contributed by atoms with van der Waals surface area (Å²) in [5, 5.41) is 12.2. The Morgan fingerprint density at radius 3 is 2.72 bits per heavy atom. The summed E-state index contributed by atoms with van der Waals surface area (Å²) >= 11 is 1.67. The minimum Gasteiger partial charge on any atom is -0.481 e. The van der Waals surface area contributed by atoms with Crippen LogP contribution in [0.15, 0.2) is 52.3 Å². The average molecular weight is 257 g/mol. The number of hydrogen-bond donors (Lipinski definition) is 2. The molecule has 1 heterocycles. The lowest BCUT2D eigenvalue weighted by molar-refractivity contribution is -0.136. The van der Waals surface area contributed by atoms with E-state index < -0.39 is 5.97 Å². The van der Waals surface area contributed by atoms with Gasteiger partial charge < -0.3 is 10.4 Å². The van der Waals surface area contributed by atoms with E-state index in [4.69, 9.17) is 5.11 Å². The molecule has 0 radical (unpaired) electrons. The first-order valence-electron chi connectivity index (χ1n) is 5.61. The zero-order valence-corrected chi connectivity index (χ0v) is 10.3. The number of hydrogen-bond acceptors (Lipinski definition) is 3. The lowest BCUT2D eigenvalue weighted by Crippen LogP contribution is -2.03. The maximum atomic E-state index is 10.7. The highest BCUT2D eigenvalue weighted by Gasteiger charge is 2.15. The van der Waals surface area contributed by atoms with Gasteiger partial charge in [-0.15, -0.1) is 0 Å². The number of fused-ring (bicyclic) bond motifs is 2. The van der Waals surface area contributed by atoms with Gasteiger partial charge in [-0.3, -0.25) is 4.79 Å². The van der Waals surface area contributed by atoms with Crippen LogP contribution in [0.25, 0.3) is 0 Å². The number of para-hydroxylation sites is 1. The third-order valence-corrected chi connectivity index (χ3v) is 3.91. The molecule has 18 heavy (non-hydrogen) atoms. The Balaban J connectivity index is 1.96. The summed E-state index contributed by atoms with van der Waals surface area (Å²) in [7, 11) is 0. The SMILES string of the molecule is O=C(O)Cc1ccc2c(c1)Sc1ccccc1N2. The highest BCUT2D eigenvalue weighted by molar-refractivity contribution is 7.99. The van der Waals surface area contributed by atoms with E-state index in [0.717, 1.165) is 26.7 Å². The van der Waals surface area contributed by atoms with Gasteiger partial charge in [0.1, 0.15) is 0 Å². The molecule has 0 aromatic heterocycles. The number of nitrogens with one attached hydrogen (secondary N) is 1. The molecular formula is C14H11NO2S. The Morgan fingerprint density at radius 2 is 1.89 bits per heavy atom. The molecule has 1 aliphatic rings. The van der Waals surface area contributed by atoms with Gasteiger partial charge in [0.2, 0.25) is 0 Å². The van der Waals surface area contributed by atoms with E-state index in [9.17, 15) is 4.79 Å². The predicted molar refractivity (Wildman–Crippen MR) is 71.6 cm³/mol. The van der Waals surface area contributed by atoms with Crippen LogP contribution in [0.1, 0.15) is 5.56 Å². The highest BCUT2D eigenvalue weighted by atomic mass is 32.2. The van der Waals surface area contributed by atoms with Crippen LogP contribution < -0.4 is 5.32 Å². The van der Waals surface area contributed by atoms with E-state index in [1.165, 1.54) is 0 Å². The Morgan fingerprint density at radius 1 is 1.11 bits per heavy atom. The normalized spacial score (nSPS) is 12.2. The lowest BCUT2D eigenvalue weighted by atomic mass is 10.1. The van der Waals surface area contributed by atoms with Gasteiger partial charge in [-0.05, 0) is 29.8 Å².